The number of anilines is 1. The third kappa shape index (κ3) is 2.30. The molecule has 6 nitrogen and oxygen atoms in total. The van der Waals surface area contributed by atoms with Crippen molar-refractivity contribution in [1.29, 1.82) is 5.26 Å². The van der Waals surface area contributed by atoms with Crippen LogP contribution in [0.1, 0.15) is 12.0 Å². The molecule has 0 spiro atoms. The zero-order valence-electron chi connectivity index (χ0n) is 14.0. The fourth-order valence-electron chi connectivity index (χ4n) is 3.99. The van der Waals surface area contributed by atoms with Gasteiger partial charge in [0.2, 0.25) is 0 Å². The number of hydrogen-bond donors (Lipinski definition) is 1. The molecule has 6 heterocycles. The molecule has 3 aromatic heterocycles. The highest BCUT2D eigenvalue weighted by atomic mass is 15.3. The lowest BCUT2D eigenvalue weighted by Gasteiger charge is -2.48. The lowest BCUT2D eigenvalue weighted by molar-refractivity contribution is 0.225. The van der Waals surface area contributed by atoms with Crippen molar-refractivity contribution in [2.24, 2.45) is 0 Å². The maximum absolute atomic E-state index is 9.38. The van der Waals surface area contributed by atoms with Gasteiger partial charge in [0.05, 0.1) is 17.3 Å². The predicted octanol–water partition coefficient (Wildman–Crippen LogP) is 0.0769. The van der Waals surface area contributed by atoms with E-state index in [1.807, 2.05) is 20.2 Å². The average molecular weight is 328 g/mol. The number of rotatable bonds is 2. The Bertz CT molecular complexity index is 987. The summed E-state index contributed by atoms with van der Waals surface area (Å²) in [5, 5.41) is 17.2. The van der Waals surface area contributed by atoms with Crippen LogP contribution in [0.15, 0.2) is 36.8 Å². The van der Waals surface area contributed by atoms with E-state index in [1.54, 1.807) is 10.7 Å². The molecular weight excluding hydrogens is 311 g/mol. The molecule has 3 aromatic rings. The Morgan fingerprint density at radius 1 is 1.24 bits per heavy atom. The smallest absolute Gasteiger partial charge is 0.141 e. The Morgan fingerprint density at radius 3 is 2.72 bits per heavy atom. The number of aromatic nitrogens is 3. The van der Waals surface area contributed by atoms with Gasteiger partial charge in [-0.05, 0) is 18.6 Å². The average Bonchev–Trinajstić information content (AvgIpc) is 3.03. The van der Waals surface area contributed by atoms with E-state index in [0.29, 0.717) is 17.6 Å². The lowest BCUT2D eigenvalue weighted by Crippen LogP contribution is -2.67. The third-order valence-corrected chi connectivity index (χ3v) is 5.17. The van der Waals surface area contributed by atoms with Crippen LogP contribution in [0.25, 0.3) is 16.6 Å². The van der Waals surface area contributed by atoms with Crippen molar-refractivity contribution in [2.45, 2.75) is 18.5 Å². The van der Waals surface area contributed by atoms with Crippen molar-refractivity contribution >= 4 is 24.6 Å². The number of nitriles is 1. The van der Waals surface area contributed by atoms with Crippen molar-refractivity contribution in [2.75, 3.05) is 18.0 Å². The number of hydrogen-bond acceptors (Lipinski definition) is 5. The summed E-state index contributed by atoms with van der Waals surface area (Å²) in [6, 6.07) is 9.73. The minimum atomic E-state index is 0.585. The van der Waals surface area contributed by atoms with Crippen LogP contribution in [-0.2, 0) is 0 Å². The van der Waals surface area contributed by atoms with Gasteiger partial charge in [0.1, 0.15) is 19.7 Å². The number of pyridine rings is 2. The first kappa shape index (κ1) is 14.5. The molecule has 3 saturated heterocycles. The maximum atomic E-state index is 9.38. The van der Waals surface area contributed by atoms with Crippen molar-refractivity contribution in [1.82, 2.24) is 19.9 Å². The van der Waals surface area contributed by atoms with Gasteiger partial charge in [0, 0.05) is 48.7 Å². The third-order valence-electron chi connectivity index (χ3n) is 5.17. The summed E-state index contributed by atoms with van der Waals surface area (Å²) in [5.74, 6) is 1.03. The molecule has 6 rings (SSSR count). The normalized spacial score (nSPS) is 21.8. The van der Waals surface area contributed by atoms with Gasteiger partial charge in [0.25, 0.3) is 0 Å². The largest absolute Gasteiger partial charge is 0.353 e. The summed E-state index contributed by atoms with van der Waals surface area (Å²) in [5.41, 5.74) is 4.53. The molecule has 0 radical (unpaired) electrons. The van der Waals surface area contributed by atoms with E-state index in [0.717, 1.165) is 41.0 Å². The quantitative estimate of drug-likeness (QED) is 0.675. The number of nitrogens with one attached hydrogen (secondary N) is 1. The monoisotopic (exact) mass is 328 g/mol. The Kier molecular flexibility index (Phi) is 3.09. The van der Waals surface area contributed by atoms with Gasteiger partial charge in [-0.25, -0.2) is 9.50 Å². The molecule has 2 unspecified atom stereocenters. The van der Waals surface area contributed by atoms with Crippen LogP contribution in [0.2, 0.25) is 0 Å². The standard InChI is InChI=1S/C18H17BN6/c19-13-3-16(18-12(5-20)7-22-25(18)8-13)11-1-2-17(21-6-11)24-9-14-4-15(10-24)23-14/h1-3,6-8,14-15,23H,4,9-10,19H2. The van der Waals surface area contributed by atoms with Crippen molar-refractivity contribution in [3.05, 3.63) is 42.4 Å². The van der Waals surface area contributed by atoms with Gasteiger partial charge < -0.3 is 10.2 Å². The van der Waals surface area contributed by atoms with E-state index in [-0.39, 0.29) is 0 Å². The molecule has 0 amide bonds. The fraction of sp³-hybridized carbons (Fsp3) is 0.278. The molecule has 2 atom stereocenters. The second-order valence-corrected chi connectivity index (χ2v) is 7.00. The summed E-state index contributed by atoms with van der Waals surface area (Å²) >= 11 is 0. The number of fused-ring (bicyclic) bond motifs is 3. The number of piperazine rings is 1. The van der Waals surface area contributed by atoms with Crippen LogP contribution in [0.3, 0.4) is 0 Å². The van der Waals surface area contributed by atoms with Gasteiger partial charge in [0.15, 0.2) is 0 Å². The molecule has 3 aliphatic rings. The molecule has 25 heavy (non-hydrogen) atoms. The first-order chi connectivity index (χ1) is 12.2. The highest BCUT2D eigenvalue weighted by Gasteiger charge is 2.36. The van der Waals surface area contributed by atoms with E-state index < -0.39 is 0 Å². The molecule has 1 N–H and O–H groups in total. The molecule has 3 fully saturated rings. The molecule has 3 aliphatic heterocycles. The topological polar surface area (TPSA) is 69.2 Å². The van der Waals surface area contributed by atoms with Gasteiger partial charge in [-0.2, -0.15) is 10.4 Å². The first-order valence-electron chi connectivity index (χ1n) is 8.57. The highest BCUT2D eigenvalue weighted by molar-refractivity contribution is 6.32. The van der Waals surface area contributed by atoms with E-state index in [1.165, 1.54) is 6.42 Å². The van der Waals surface area contributed by atoms with Crippen LogP contribution in [0, 0.1) is 11.3 Å². The number of nitrogens with zero attached hydrogens (tertiary/aromatic N) is 5. The molecule has 2 bridgehead atoms. The van der Waals surface area contributed by atoms with E-state index in [9.17, 15) is 5.26 Å². The summed E-state index contributed by atoms with van der Waals surface area (Å²) in [6.07, 6.45) is 6.75. The second-order valence-electron chi connectivity index (χ2n) is 7.00. The van der Waals surface area contributed by atoms with E-state index in [4.69, 9.17) is 4.98 Å². The summed E-state index contributed by atoms with van der Waals surface area (Å²) < 4.78 is 1.78. The van der Waals surface area contributed by atoms with Crippen LogP contribution in [-0.4, -0.2) is 47.6 Å². The Labute approximate surface area is 146 Å². The second kappa shape index (κ2) is 5.33. The molecule has 122 valence electrons. The van der Waals surface area contributed by atoms with E-state index >= 15 is 0 Å². The van der Waals surface area contributed by atoms with Crippen LogP contribution < -0.4 is 15.7 Å². The lowest BCUT2D eigenvalue weighted by atomic mass is 9.91. The van der Waals surface area contributed by atoms with E-state index in [2.05, 4.69) is 39.6 Å². The first-order valence-corrected chi connectivity index (χ1v) is 8.57. The molecule has 0 saturated carbocycles. The fourth-order valence-corrected chi connectivity index (χ4v) is 3.99. The minimum Gasteiger partial charge on any atom is -0.353 e. The zero-order valence-corrected chi connectivity index (χ0v) is 14.0. The Morgan fingerprint density at radius 2 is 2.04 bits per heavy atom. The number of piperidine rings is 1. The zero-order chi connectivity index (χ0) is 17.0. The summed E-state index contributed by atoms with van der Waals surface area (Å²) in [4.78, 5) is 7.05. The molecular formula is C18H17BN6. The predicted molar refractivity (Wildman–Crippen MR) is 98.9 cm³/mol. The molecule has 0 aromatic carbocycles. The summed E-state index contributed by atoms with van der Waals surface area (Å²) in [6.45, 7) is 2.05. The minimum absolute atomic E-state index is 0.585. The van der Waals surface area contributed by atoms with Gasteiger partial charge in [-0.1, -0.05) is 11.5 Å². The Balaban J connectivity index is 1.54. The van der Waals surface area contributed by atoms with Crippen molar-refractivity contribution in [3.63, 3.8) is 0 Å². The molecule has 7 heteroatoms. The van der Waals surface area contributed by atoms with Gasteiger partial charge >= 0.3 is 0 Å². The highest BCUT2D eigenvalue weighted by Crippen LogP contribution is 2.29. The summed E-state index contributed by atoms with van der Waals surface area (Å²) in [7, 11) is 2.03. The maximum Gasteiger partial charge on any atom is 0.141 e. The Hall–Kier alpha value is -2.85. The van der Waals surface area contributed by atoms with Crippen LogP contribution in [0.4, 0.5) is 5.82 Å². The van der Waals surface area contributed by atoms with Gasteiger partial charge in [-0.3, -0.25) is 0 Å². The van der Waals surface area contributed by atoms with Crippen molar-refractivity contribution < 1.29 is 0 Å². The SMILES string of the molecule is Bc1cc(-c2ccc(N3CC4CC(C3)N4)nc2)c2c(C#N)cnn2c1. The molecule has 0 aliphatic carbocycles. The van der Waals surface area contributed by atoms with Crippen molar-refractivity contribution in [3.8, 4) is 17.2 Å². The van der Waals surface area contributed by atoms with Crippen LogP contribution in [0.5, 0.6) is 0 Å². The van der Waals surface area contributed by atoms with Crippen LogP contribution >= 0.6 is 0 Å². The van der Waals surface area contributed by atoms with Gasteiger partial charge in [-0.15, -0.1) is 0 Å².